The van der Waals surface area contributed by atoms with Gasteiger partial charge in [0.2, 0.25) is 0 Å². The first-order valence-electron chi connectivity index (χ1n) is 10.5. The van der Waals surface area contributed by atoms with Crippen LogP contribution >= 0.6 is 0 Å². The summed E-state index contributed by atoms with van der Waals surface area (Å²) in [5.74, 6) is -0.588. The Hall–Kier alpha value is -3.61. The second-order valence-electron chi connectivity index (χ2n) is 7.45. The van der Waals surface area contributed by atoms with Gasteiger partial charge in [0.15, 0.2) is 5.69 Å². The summed E-state index contributed by atoms with van der Waals surface area (Å²) in [7, 11) is 0. The van der Waals surface area contributed by atoms with Crippen molar-refractivity contribution in [2.24, 2.45) is 0 Å². The molecule has 0 aliphatic carbocycles. The molecule has 4 aromatic rings. The smallest absolute Gasteiger partial charge is 0.359 e. The van der Waals surface area contributed by atoms with Gasteiger partial charge in [-0.3, -0.25) is 4.79 Å². The summed E-state index contributed by atoms with van der Waals surface area (Å²) in [6.45, 7) is 4.38. The van der Waals surface area contributed by atoms with Gasteiger partial charge in [-0.1, -0.05) is 50.1 Å². The van der Waals surface area contributed by atoms with Crippen molar-refractivity contribution < 1.29 is 9.53 Å². The van der Waals surface area contributed by atoms with E-state index in [1.165, 1.54) is 4.68 Å². The van der Waals surface area contributed by atoms with E-state index in [1.54, 1.807) is 24.3 Å². The van der Waals surface area contributed by atoms with Crippen LogP contribution in [-0.2, 0) is 17.9 Å². The van der Waals surface area contributed by atoms with Crippen molar-refractivity contribution in [3.8, 4) is 0 Å². The summed E-state index contributed by atoms with van der Waals surface area (Å²) in [6, 6.07) is 14.5. The summed E-state index contributed by atoms with van der Waals surface area (Å²) in [5.41, 5.74) is 2.77. The second-order valence-corrected chi connectivity index (χ2v) is 7.45. The molecule has 2 heterocycles. The van der Waals surface area contributed by atoms with Gasteiger partial charge in [0.25, 0.3) is 5.56 Å². The molecule has 0 fully saturated rings. The van der Waals surface area contributed by atoms with Crippen molar-refractivity contribution in [1.29, 1.82) is 0 Å². The van der Waals surface area contributed by atoms with E-state index < -0.39 is 5.97 Å². The lowest BCUT2D eigenvalue weighted by atomic mass is 10.1. The molecule has 0 amide bonds. The minimum absolute atomic E-state index is 0.0204. The number of para-hydroxylation sites is 2. The zero-order valence-corrected chi connectivity index (χ0v) is 17.7. The monoisotopic (exact) mass is 416 g/mol. The molecular weight excluding hydrogens is 392 g/mol. The van der Waals surface area contributed by atoms with Gasteiger partial charge in [-0.05, 0) is 31.5 Å². The summed E-state index contributed by atoms with van der Waals surface area (Å²) in [5, 5.41) is 5.30. The first kappa shape index (κ1) is 20.7. The third kappa shape index (κ3) is 4.30. The summed E-state index contributed by atoms with van der Waals surface area (Å²) < 4.78 is 6.92. The molecule has 31 heavy (non-hydrogen) atoms. The molecule has 2 aromatic heterocycles. The Bertz CT molecular complexity index is 1310. The van der Waals surface area contributed by atoms with E-state index in [9.17, 15) is 9.59 Å². The van der Waals surface area contributed by atoms with Crippen molar-refractivity contribution in [2.75, 3.05) is 0 Å². The predicted octanol–water partition coefficient (Wildman–Crippen LogP) is 4.20. The number of hydrogen-bond donors (Lipinski definition) is 0. The van der Waals surface area contributed by atoms with Crippen LogP contribution in [0.1, 0.15) is 48.1 Å². The van der Waals surface area contributed by atoms with E-state index in [2.05, 4.69) is 22.0 Å². The molecule has 2 aromatic carbocycles. The maximum atomic E-state index is 13.0. The Balaban J connectivity index is 1.63. The molecule has 0 radical (unpaired) electrons. The van der Waals surface area contributed by atoms with Crippen LogP contribution in [0.2, 0.25) is 0 Å². The number of esters is 1. The zero-order valence-electron chi connectivity index (χ0n) is 17.7. The number of aromatic nitrogens is 4. The van der Waals surface area contributed by atoms with Crippen LogP contribution in [0, 0.1) is 6.92 Å². The van der Waals surface area contributed by atoms with Crippen LogP contribution < -0.4 is 5.56 Å². The van der Waals surface area contributed by atoms with Gasteiger partial charge in [-0.25, -0.2) is 19.4 Å². The Morgan fingerprint density at radius 3 is 2.39 bits per heavy atom. The van der Waals surface area contributed by atoms with E-state index in [1.807, 2.05) is 31.2 Å². The van der Waals surface area contributed by atoms with Crippen molar-refractivity contribution >= 4 is 27.8 Å². The topological polar surface area (TPSA) is 87.0 Å². The van der Waals surface area contributed by atoms with Crippen LogP contribution in [0.15, 0.2) is 53.3 Å². The highest BCUT2D eigenvalue weighted by Crippen LogP contribution is 2.17. The van der Waals surface area contributed by atoms with Crippen molar-refractivity contribution in [2.45, 2.75) is 46.3 Å². The fourth-order valence-electron chi connectivity index (χ4n) is 3.51. The highest BCUT2D eigenvalue weighted by atomic mass is 16.5. The molecule has 0 aliphatic heterocycles. The average molecular weight is 416 g/mol. The molecule has 0 saturated carbocycles. The van der Waals surface area contributed by atoms with Gasteiger partial charge < -0.3 is 4.74 Å². The van der Waals surface area contributed by atoms with E-state index in [0.717, 1.165) is 30.3 Å². The van der Waals surface area contributed by atoms with Gasteiger partial charge >= 0.3 is 5.97 Å². The van der Waals surface area contributed by atoms with E-state index in [0.29, 0.717) is 28.7 Å². The predicted molar refractivity (Wildman–Crippen MR) is 119 cm³/mol. The maximum absolute atomic E-state index is 13.0. The van der Waals surface area contributed by atoms with Crippen LogP contribution in [0.4, 0.5) is 0 Å². The van der Waals surface area contributed by atoms with Crippen molar-refractivity contribution in [1.82, 2.24) is 19.7 Å². The minimum atomic E-state index is -0.588. The number of rotatable bonds is 7. The van der Waals surface area contributed by atoms with Gasteiger partial charge in [0.05, 0.1) is 27.8 Å². The lowest BCUT2D eigenvalue weighted by Gasteiger charge is -2.11. The van der Waals surface area contributed by atoms with Gasteiger partial charge in [-0.2, -0.15) is 5.10 Å². The molecule has 7 nitrogen and oxygen atoms in total. The highest BCUT2D eigenvalue weighted by molar-refractivity contribution is 6.02. The molecule has 0 bridgehead atoms. The molecule has 4 rings (SSSR count). The molecule has 0 saturated heterocycles. The number of ether oxygens (including phenoxy) is 1. The minimum Gasteiger partial charge on any atom is -0.454 e. The number of carbonyl (C=O) groups excluding carboxylic acids is 1. The van der Waals surface area contributed by atoms with Gasteiger partial charge in [0, 0.05) is 11.9 Å². The second kappa shape index (κ2) is 9.04. The summed E-state index contributed by atoms with van der Waals surface area (Å²) >= 11 is 0. The first-order chi connectivity index (χ1) is 15.1. The van der Waals surface area contributed by atoms with E-state index >= 15 is 0 Å². The zero-order chi connectivity index (χ0) is 21.8. The number of carbonyl (C=O) groups is 1. The van der Waals surface area contributed by atoms with E-state index in [-0.39, 0.29) is 17.9 Å². The van der Waals surface area contributed by atoms with Crippen LogP contribution in [-0.4, -0.2) is 25.7 Å². The number of benzene rings is 2. The van der Waals surface area contributed by atoms with E-state index in [4.69, 9.17) is 4.74 Å². The van der Waals surface area contributed by atoms with Crippen molar-refractivity contribution in [3.63, 3.8) is 0 Å². The average Bonchev–Trinajstić information content (AvgIpc) is 2.79. The lowest BCUT2D eigenvalue weighted by Crippen LogP contribution is -2.26. The fraction of sp³-hybridized carbons (Fsp3) is 0.292. The standard InChI is InChI=1S/C24H24N4O3/c1-3-4-9-14-28-23(29)18-11-6-5-10-17(18)22(27-28)24(30)31-15-21-16(2)25-19-12-7-8-13-20(19)26-21/h5-8,10-13H,3-4,9,14-15H2,1-2H3. The van der Waals surface area contributed by atoms with Crippen LogP contribution in [0.3, 0.4) is 0 Å². The molecule has 0 aliphatic rings. The SMILES string of the molecule is CCCCCn1nc(C(=O)OCc2nc3ccccc3nc2C)c2ccccc2c1=O. The normalized spacial score (nSPS) is 11.2. The largest absolute Gasteiger partial charge is 0.454 e. The molecule has 0 unspecified atom stereocenters. The highest BCUT2D eigenvalue weighted by Gasteiger charge is 2.19. The Kier molecular flexibility index (Phi) is 6.02. The Labute approximate surface area is 179 Å². The number of unbranched alkanes of at least 4 members (excludes halogenated alkanes) is 2. The van der Waals surface area contributed by atoms with Gasteiger partial charge in [-0.15, -0.1) is 0 Å². The lowest BCUT2D eigenvalue weighted by molar-refractivity contribution is 0.0459. The maximum Gasteiger partial charge on any atom is 0.359 e. The molecule has 0 atom stereocenters. The summed E-state index contributed by atoms with van der Waals surface area (Å²) in [6.07, 6.45) is 2.84. The molecular formula is C24H24N4O3. The third-order valence-corrected chi connectivity index (χ3v) is 5.22. The number of aryl methyl sites for hydroxylation is 2. The van der Waals surface area contributed by atoms with Crippen LogP contribution in [0.5, 0.6) is 0 Å². The first-order valence-corrected chi connectivity index (χ1v) is 10.5. The number of nitrogens with zero attached hydrogens (tertiary/aromatic N) is 4. The third-order valence-electron chi connectivity index (χ3n) is 5.22. The summed E-state index contributed by atoms with van der Waals surface area (Å²) in [4.78, 5) is 34.8. The molecule has 7 heteroatoms. The quantitative estimate of drug-likeness (QED) is 0.332. The fourth-order valence-corrected chi connectivity index (χ4v) is 3.51. The van der Waals surface area contributed by atoms with Crippen LogP contribution in [0.25, 0.3) is 21.8 Å². The molecule has 0 spiro atoms. The van der Waals surface area contributed by atoms with Gasteiger partial charge in [0.1, 0.15) is 6.61 Å². The Morgan fingerprint density at radius 1 is 0.968 bits per heavy atom. The number of hydrogen-bond acceptors (Lipinski definition) is 6. The molecule has 158 valence electrons. The Morgan fingerprint density at radius 2 is 1.65 bits per heavy atom. The molecule has 0 N–H and O–H groups in total. The number of fused-ring (bicyclic) bond motifs is 2. The van der Waals surface area contributed by atoms with Crippen molar-refractivity contribution in [3.05, 3.63) is 76.0 Å².